The Hall–Kier alpha value is -1.71. The molecular weight excluding hydrogens is 302 g/mol. The number of nitro groups is 1. The first-order valence-corrected chi connectivity index (χ1v) is 9.29. The van der Waals surface area contributed by atoms with E-state index >= 15 is 0 Å². The van der Waals surface area contributed by atoms with E-state index in [9.17, 15) is 14.9 Å². The molecule has 0 aliphatic rings. The summed E-state index contributed by atoms with van der Waals surface area (Å²) in [6.07, 6.45) is 22.2. The molecule has 0 aliphatic heterocycles. The maximum atomic E-state index is 11.0. The highest BCUT2D eigenvalue weighted by atomic mass is 16.6. The van der Waals surface area contributed by atoms with E-state index in [1.807, 2.05) is 12.2 Å². The highest BCUT2D eigenvalue weighted by Crippen LogP contribution is 2.13. The zero-order valence-corrected chi connectivity index (χ0v) is 15.1. The molecule has 0 aromatic rings. The van der Waals surface area contributed by atoms with Gasteiger partial charge in [-0.2, -0.15) is 0 Å². The lowest BCUT2D eigenvalue weighted by Gasteiger charge is -2.00. The Morgan fingerprint density at radius 1 is 0.875 bits per heavy atom. The van der Waals surface area contributed by atoms with Crippen LogP contribution in [0.25, 0.3) is 0 Å². The minimum Gasteiger partial charge on any atom is -0.303 e. The van der Waals surface area contributed by atoms with Crippen LogP contribution < -0.4 is 0 Å². The summed E-state index contributed by atoms with van der Waals surface area (Å²) in [5.41, 5.74) is 0.347. The molecule has 0 spiro atoms. The Bertz CT molecular complexity index is 411. The van der Waals surface area contributed by atoms with Crippen LogP contribution in [0.4, 0.5) is 0 Å². The Labute approximate surface area is 146 Å². The van der Waals surface area contributed by atoms with E-state index in [-0.39, 0.29) is 4.92 Å². The van der Waals surface area contributed by atoms with Gasteiger partial charge < -0.3 is 4.79 Å². The van der Waals surface area contributed by atoms with Gasteiger partial charge in [-0.15, -0.1) is 0 Å². The fourth-order valence-electron chi connectivity index (χ4n) is 2.36. The second kappa shape index (κ2) is 17.6. The number of carbonyl (C=O) groups is 1. The largest absolute Gasteiger partial charge is 0.303 e. The highest BCUT2D eigenvalue weighted by Gasteiger charge is 2.08. The summed E-state index contributed by atoms with van der Waals surface area (Å²) in [5, 5.41) is 11.0. The second-order valence-electron chi connectivity index (χ2n) is 5.98. The van der Waals surface area contributed by atoms with Crippen molar-refractivity contribution in [2.75, 3.05) is 0 Å². The molecule has 136 valence electrons. The molecular formula is C20H33NO3. The van der Waals surface area contributed by atoms with Gasteiger partial charge in [0.1, 0.15) is 6.29 Å². The summed E-state index contributed by atoms with van der Waals surface area (Å²) >= 11 is 0. The third-order valence-corrected chi connectivity index (χ3v) is 3.81. The number of rotatable bonds is 16. The van der Waals surface area contributed by atoms with Gasteiger partial charge in [-0.05, 0) is 38.2 Å². The second-order valence-corrected chi connectivity index (χ2v) is 5.98. The lowest BCUT2D eigenvalue weighted by molar-refractivity contribution is -0.428. The zero-order valence-electron chi connectivity index (χ0n) is 15.1. The molecule has 4 heteroatoms. The van der Waals surface area contributed by atoms with Gasteiger partial charge >= 0.3 is 0 Å². The van der Waals surface area contributed by atoms with Crippen LogP contribution in [-0.4, -0.2) is 11.2 Å². The number of allylic oxidation sites excluding steroid dienone is 6. The fraction of sp³-hybridized carbons (Fsp3) is 0.650. The van der Waals surface area contributed by atoms with Crippen LogP contribution in [0.1, 0.15) is 84.0 Å². The van der Waals surface area contributed by atoms with E-state index in [4.69, 9.17) is 0 Å². The minimum absolute atomic E-state index is 0.243. The Balaban J connectivity index is 3.88. The van der Waals surface area contributed by atoms with Gasteiger partial charge in [0.15, 0.2) is 0 Å². The van der Waals surface area contributed by atoms with Crippen molar-refractivity contribution in [3.8, 4) is 0 Å². The van der Waals surface area contributed by atoms with Crippen LogP contribution in [0.5, 0.6) is 0 Å². The van der Waals surface area contributed by atoms with E-state index in [1.54, 1.807) is 6.08 Å². The standard InChI is InChI=1S/C20H33NO3/c1-2-3-4-5-11-14-17-20(21(23)24)18-15-12-9-7-6-8-10-13-16-19-22/h6,8-9,12,18-19H,2-5,7,10-11,13-17H2,1H3/b8-6-,12-9-,20-18+. The molecule has 0 saturated heterocycles. The zero-order chi connectivity index (χ0) is 17.9. The van der Waals surface area contributed by atoms with Gasteiger partial charge in [0.2, 0.25) is 5.70 Å². The van der Waals surface area contributed by atoms with Crippen molar-refractivity contribution in [2.45, 2.75) is 84.0 Å². The van der Waals surface area contributed by atoms with Crippen molar-refractivity contribution in [3.63, 3.8) is 0 Å². The Morgan fingerprint density at radius 2 is 1.54 bits per heavy atom. The molecule has 0 unspecified atom stereocenters. The smallest absolute Gasteiger partial charge is 0.242 e. The molecule has 0 aromatic heterocycles. The molecule has 0 atom stereocenters. The number of unbranched alkanes of at least 4 members (excludes halogenated alkanes) is 7. The van der Waals surface area contributed by atoms with Crippen LogP contribution in [-0.2, 0) is 4.79 Å². The van der Waals surface area contributed by atoms with Crippen LogP contribution in [0, 0.1) is 10.1 Å². The first kappa shape index (κ1) is 22.3. The average molecular weight is 335 g/mol. The van der Waals surface area contributed by atoms with Crippen LogP contribution >= 0.6 is 0 Å². The summed E-state index contributed by atoms with van der Waals surface area (Å²) in [5.74, 6) is 0. The van der Waals surface area contributed by atoms with Crippen molar-refractivity contribution >= 4 is 6.29 Å². The normalized spacial score (nSPS) is 12.3. The topological polar surface area (TPSA) is 60.2 Å². The summed E-state index contributed by atoms with van der Waals surface area (Å²) in [6, 6.07) is 0. The van der Waals surface area contributed by atoms with Gasteiger partial charge in [0.05, 0.1) is 4.92 Å². The van der Waals surface area contributed by atoms with Crippen molar-refractivity contribution in [1.82, 2.24) is 0 Å². The van der Waals surface area contributed by atoms with Gasteiger partial charge in [-0.3, -0.25) is 10.1 Å². The molecule has 0 rings (SSSR count). The van der Waals surface area contributed by atoms with E-state index in [2.05, 4.69) is 19.1 Å². The van der Waals surface area contributed by atoms with Crippen molar-refractivity contribution in [1.29, 1.82) is 0 Å². The minimum atomic E-state index is -0.243. The van der Waals surface area contributed by atoms with Crippen molar-refractivity contribution in [3.05, 3.63) is 46.2 Å². The number of nitrogens with zero attached hydrogens (tertiary/aromatic N) is 1. The SMILES string of the molecule is CCCCCCCC/C(=C\C/C=C\C/C=C\CCCC=O)[N+](=O)[O-]. The molecule has 0 N–H and O–H groups in total. The summed E-state index contributed by atoms with van der Waals surface area (Å²) in [6.45, 7) is 2.19. The molecule has 24 heavy (non-hydrogen) atoms. The van der Waals surface area contributed by atoms with Crippen LogP contribution in [0.2, 0.25) is 0 Å². The fourth-order valence-corrected chi connectivity index (χ4v) is 2.36. The lowest BCUT2D eigenvalue weighted by Crippen LogP contribution is -1.98. The number of carbonyl (C=O) groups excluding carboxylic acids is 1. The molecule has 0 amide bonds. The summed E-state index contributed by atoms with van der Waals surface area (Å²) in [7, 11) is 0. The van der Waals surface area contributed by atoms with E-state index in [0.29, 0.717) is 25.0 Å². The maximum Gasteiger partial charge on any atom is 0.242 e. The van der Waals surface area contributed by atoms with Gasteiger partial charge in [-0.1, -0.05) is 63.3 Å². The van der Waals surface area contributed by atoms with Crippen molar-refractivity contribution < 1.29 is 9.72 Å². The molecule has 0 saturated carbocycles. The number of hydrogen-bond donors (Lipinski definition) is 0. The molecule has 0 fully saturated rings. The monoisotopic (exact) mass is 335 g/mol. The first-order chi connectivity index (χ1) is 11.7. The van der Waals surface area contributed by atoms with E-state index in [1.165, 1.54) is 25.7 Å². The maximum absolute atomic E-state index is 11.0. The predicted molar refractivity (Wildman–Crippen MR) is 100 cm³/mol. The predicted octanol–water partition coefficient (Wildman–Crippen LogP) is 6.16. The van der Waals surface area contributed by atoms with Gasteiger partial charge in [0, 0.05) is 12.8 Å². The van der Waals surface area contributed by atoms with Crippen molar-refractivity contribution in [2.24, 2.45) is 0 Å². The van der Waals surface area contributed by atoms with E-state index in [0.717, 1.165) is 38.4 Å². The van der Waals surface area contributed by atoms with Crippen LogP contribution in [0.3, 0.4) is 0 Å². The molecule has 0 aliphatic carbocycles. The molecule has 0 bridgehead atoms. The molecule has 0 heterocycles. The van der Waals surface area contributed by atoms with E-state index < -0.39 is 0 Å². The quantitative estimate of drug-likeness (QED) is 0.112. The highest BCUT2D eigenvalue weighted by molar-refractivity contribution is 5.49. The molecule has 0 aromatic carbocycles. The Morgan fingerprint density at radius 3 is 2.25 bits per heavy atom. The first-order valence-electron chi connectivity index (χ1n) is 9.29. The molecule has 0 radical (unpaired) electrons. The third-order valence-electron chi connectivity index (χ3n) is 3.81. The Kier molecular flexibility index (Phi) is 16.4. The lowest BCUT2D eigenvalue weighted by atomic mass is 10.1. The third kappa shape index (κ3) is 15.2. The van der Waals surface area contributed by atoms with Crippen LogP contribution in [0.15, 0.2) is 36.1 Å². The van der Waals surface area contributed by atoms with Gasteiger partial charge in [-0.25, -0.2) is 0 Å². The summed E-state index contributed by atoms with van der Waals surface area (Å²) < 4.78 is 0. The summed E-state index contributed by atoms with van der Waals surface area (Å²) in [4.78, 5) is 20.9. The average Bonchev–Trinajstić information content (AvgIpc) is 2.57. The number of aldehydes is 1. The van der Waals surface area contributed by atoms with Gasteiger partial charge in [0.25, 0.3) is 0 Å². The number of hydrogen-bond acceptors (Lipinski definition) is 3. The molecule has 4 nitrogen and oxygen atoms in total.